The van der Waals surface area contributed by atoms with Crippen LogP contribution in [0, 0.1) is 11.6 Å². The first-order valence-corrected chi connectivity index (χ1v) is 5.08. The van der Waals surface area contributed by atoms with Crippen LogP contribution in [0.1, 0.15) is 0 Å². The fourth-order valence-electron chi connectivity index (χ4n) is 1.38. The van der Waals surface area contributed by atoms with E-state index in [4.69, 9.17) is 4.74 Å². The first kappa shape index (κ1) is 12.2. The average Bonchev–Trinajstić information content (AvgIpc) is 2.38. The Morgan fingerprint density at radius 3 is 2.33 bits per heavy atom. The zero-order chi connectivity index (χ0) is 13.1. The van der Waals surface area contributed by atoms with Crippen LogP contribution in [-0.4, -0.2) is 29.1 Å². The van der Waals surface area contributed by atoms with Crippen molar-refractivity contribution in [1.82, 2.24) is 15.0 Å². The van der Waals surface area contributed by atoms with Gasteiger partial charge in [0.15, 0.2) is 5.82 Å². The zero-order valence-corrected chi connectivity index (χ0v) is 9.74. The topological polar surface area (TPSA) is 59.9 Å². The molecule has 18 heavy (non-hydrogen) atoms. The van der Waals surface area contributed by atoms with Crippen molar-refractivity contribution >= 4 is 5.95 Å². The van der Waals surface area contributed by atoms with Crippen LogP contribution in [0.2, 0.25) is 0 Å². The minimum Gasteiger partial charge on any atom is -0.467 e. The Morgan fingerprint density at radius 2 is 1.78 bits per heavy atom. The smallest absolute Gasteiger partial charge is 0.321 e. The molecule has 0 spiro atoms. The number of nitrogens with one attached hydrogen (secondary N) is 1. The molecule has 0 atom stereocenters. The Hall–Kier alpha value is -2.31. The molecule has 5 nitrogen and oxygen atoms in total. The molecule has 0 fully saturated rings. The van der Waals surface area contributed by atoms with Gasteiger partial charge in [0.25, 0.3) is 0 Å². The second kappa shape index (κ2) is 4.91. The van der Waals surface area contributed by atoms with Gasteiger partial charge in [-0.15, -0.1) is 0 Å². The Morgan fingerprint density at radius 1 is 1.11 bits per heavy atom. The normalized spacial score (nSPS) is 10.2. The second-order valence-electron chi connectivity index (χ2n) is 3.32. The summed E-state index contributed by atoms with van der Waals surface area (Å²) in [6.07, 6.45) is 0. The molecule has 1 N–H and O–H groups in total. The molecule has 1 aromatic heterocycles. The van der Waals surface area contributed by atoms with Gasteiger partial charge in [0.05, 0.1) is 12.7 Å². The van der Waals surface area contributed by atoms with Crippen LogP contribution in [-0.2, 0) is 0 Å². The summed E-state index contributed by atoms with van der Waals surface area (Å²) in [5.74, 6) is -1.45. The molecular formula is C11H10F2N4O. The molecule has 0 aliphatic rings. The summed E-state index contributed by atoms with van der Waals surface area (Å²) < 4.78 is 32.1. The van der Waals surface area contributed by atoms with Crippen molar-refractivity contribution in [3.63, 3.8) is 0 Å². The molecule has 0 aliphatic carbocycles. The Balaban J connectivity index is 2.63. The largest absolute Gasteiger partial charge is 0.467 e. The predicted molar refractivity (Wildman–Crippen MR) is 61.3 cm³/mol. The number of methoxy groups -OCH3 is 1. The molecule has 1 aromatic carbocycles. The minimum atomic E-state index is -0.745. The van der Waals surface area contributed by atoms with Crippen molar-refractivity contribution in [3.05, 3.63) is 29.8 Å². The summed E-state index contributed by atoms with van der Waals surface area (Å²) in [4.78, 5) is 11.6. The quantitative estimate of drug-likeness (QED) is 0.903. The number of halogens is 2. The van der Waals surface area contributed by atoms with E-state index in [2.05, 4.69) is 20.3 Å². The molecule has 0 amide bonds. The van der Waals surface area contributed by atoms with Gasteiger partial charge in [-0.3, -0.25) is 0 Å². The number of hydrogen-bond acceptors (Lipinski definition) is 5. The number of hydrogen-bond donors (Lipinski definition) is 1. The van der Waals surface area contributed by atoms with Gasteiger partial charge >= 0.3 is 6.01 Å². The first-order chi connectivity index (χ1) is 8.65. The van der Waals surface area contributed by atoms with Crippen LogP contribution in [0.4, 0.5) is 14.7 Å². The van der Waals surface area contributed by atoms with E-state index in [-0.39, 0.29) is 23.3 Å². The lowest BCUT2D eigenvalue weighted by molar-refractivity contribution is 0.379. The summed E-state index contributed by atoms with van der Waals surface area (Å²) in [5.41, 5.74) is -0.310. The highest BCUT2D eigenvalue weighted by molar-refractivity contribution is 5.58. The lowest BCUT2D eigenvalue weighted by Gasteiger charge is -2.07. The Bertz CT molecular complexity index is 534. The SMILES string of the molecule is CNc1nc(OC)nc(-c2c(F)cccc2F)n1. The van der Waals surface area contributed by atoms with E-state index in [1.54, 1.807) is 7.05 Å². The van der Waals surface area contributed by atoms with E-state index in [0.29, 0.717) is 0 Å². The van der Waals surface area contributed by atoms with Gasteiger partial charge in [-0.1, -0.05) is 6.07 Å². The van der Waals surface area contributed by atoms with Crippen LogP contribution >= 0.6 is 0 Å². The maximum atomic E-state index is 13.6. The average molecular weight is 252 g/mol. The molecule has 94 valence electrons. The van der Waals surface area contributed by atoms with Crippen LogP contribution in [0.15, 0.2) is 18.2 Å². The molecule has 2 aromatic rings. The molecule has 0 saturated carbocycles. The lowest BCUT2D eigenvalue weighted by atomic mass is 10.2. The summed E-state index contributed by atoms with van der Waals surface area (Å²) in [6, 6.07) is 3.51. The highest BCUT2D eigenvalue weighted by atomic mass is 19.1. The van der Waals surface area contributed by atoms with Crippen molar-refractivity contribution in [2.24, 2.45) is 0 Å². The number of rotatable bonds is 3. The van der Waals surface area contributed by atoms with Crippen LogP contribution in [0.25, 0.3) is 11.4 Å². The van der Waals surface area contributed by atoms with Crippen molar-refractivity contribution in [1.29, 1.82) is 0 Å². The molecule has 1 heterocycles. The van der Waals surface area contributed by atoms with Gasteiger partial charge in [0.1, 0.15) is 11.6 Å². The van der Waals surface area contributed by atoms with Crippen LogP contribution < -0.4 is 10.1 Å². The summed E-state index contributed by atoms with van der Waals surface area (Å²) in [6.45, 7) is 0. The van der Waals surface area contributed by atoms with Gasteiger partial charge in [-0.25, -0.2) is 8.78 Å². The number of benzene rings is 1. The van der Waals surface area contributed by atoms with E-state index in [1.165, 1.54) is 13.2 Å². The molecule has 0 unspecified atom stereocenters. The van der Waals surface area contributed by atoms with E-state index in [9.17, 15) is 8.78 Å². The van der Waals surface area contributed by atoms with Gasteiger partial charge < -0.3 is 10.1 Å². The van der Waals surface area contributed by atoms with E-state index in [0.717, 1.165) is 12.1 Å². The van der Waals surface area contributed by atoms with Crippen molar-refractivity contribution in [2.75, 3.05) is 19.5 Å². The molecule has 0 bridgehead atoms. The van der Waals surface area contributed by atoms with Gasteiger partial charge in [0, 0.05) is 7.05 Å². The highest BCUT2D eigenvalue weighted by Crippen LogP contribution is 2.24. The number of anilines is 1. The third-order valence-electron chi connectivity index (χ3n) is 2.21. The Labute approximate surface area is 102 Å². The maximum Gasteiger partial charge on any atom is 0.321 e. The predicted octanol–water partition coefficient (Wildman–Crippen LogP) is 1.87. The highest BCUT2D eigenvalue weighted by Gasteiger charge is 2.16. The maximum absolute atomic E-state index is 13.6. The van der Waals surface area contributed by atoms with Gasteiger partial charge in [-0.2, -0.15) is 15.0 Å². The number of nitrogens with zero attached hydrogens (tertiary/aromatic N) is 3. The van der Waals surface area contributed by atoms with Crippen LogP contribution in [0.3, 0.4) is 0 Å². The van der Waals surface area contributed by atoms with Crippen molar-refractivity contribution in [3.8, 4) is 17.4 Å². The Kier molecular flexibility index (Phi) is 3.31. The molecular weight excluding hydrogens is 242 g/mol. The molecule has 0 saturated heterocycles. The minimum absolute atomic E-state index is 0.0213. The summed E-state index contributed by atoms with van der Waals surface area (Å²) >= 11 is 0. The fourth-order valence-corrected chi connectivity index (χ4v) is 1.38. The zero-order valence-electron chi connectivity index (χ0n) is 9.74. The van der Waals surface area contributed by atoms with Gasteiger partial charge in [0.2, 0.25) is 5.95 Å². The van der Waals surface area contributed by atoms with Crippen LogP contribution in [0.5, 0.6) is 6.01 Å². The first-order valence-electron chi connectivity index (χ1n) is 5.08. The lowest BCUT2D eigenvalue weighted by Crippen LogP contribution is -2.04. The van der Waals surface area contributed by atoms with E-state index in [1.807, 2.05) is 0 Å². The third kappa shape index (κ3) is 2.20. The standard InChI is InChI=1S/C11H10F2N4O/c1-14-10-15-9(16-11(17-10)18-2)8-6(12)4-3-5-7(8)13/h3-5H,1-2H3,(H,14,15,16,17). The summed E-state index contributed by atoms with van der Waals surface area (Å²) in [5, 5.41) is 2.66. The molecule has 0 aliphatic heterocycles. The van der Waals surface area contributed by atoms with E-state index < -0.39 is 11.6 Å². The second-order valence-corrected chi connectivity index (χ2v) is 3.32. The third-order valence-corrected chi connectivity index (χ3v) is 2.21. The fraction of sp³-hybridized carbons (Fsp3) is 0.182. The number of ether oxygens (including phenoxy) is 1. The molecule has 0 radical (unpaired) electrons. The molecule has 7 heteroatoms. The molecule has 2 rings (SSSR count). The van der Waals surface area contributed by atoms with E-state index >= 15 is 0 Å². The monoisotopic (exact) mass is 252 g/mol. The van der Waals surface area contributed by atoms with Crippen molar-refractivity contribution in [2.45, 2.75) is 0 Å². The number of aromatic nitrogens is 3. The van der Waals surface area contributed by atoms with Gasteiger partial charge in [-0.05, 0) is 12.1 Å². The van der Waals surface area contributed by atoms with Crippen molar-refractivity contribution < 1.29 is 13.5 Å². The summed E-state index contributed by atoms with van der Waals surface area (Å²) in [7, 11) is 2.94.